The van der Waals surface area contributed by atoms with Crippen LogP contribution in [-0.4, -0.2) is 43.7 Å². The number of methoxy groups -OCH3 is 1. The van der Waals surface area contributed by atoms with E-state index in [4.69, 9.17) is 14.6 Å². The minimum absolute atomic E-state index is 0.0418. The monoisotopic (exact) mass is 508 g/mol. The summed E-state index contributed by atoms with van der Waals surface area (Å²) in [4.78, 5) is 17.5. The normalized spacial score (nSPS) is 18.3. The first kappa shape index (κ1) is 26.9. The van der Waals surface area contributed by atoms with E-state index in [1.165, 1.54) is 5.56 Å². The van der Waals surface area contributed by atoms with E-state index in [2.05, 4.69) is 63.0 Å². The van der Waals surface area contributed by atoms with Crippen LogP contribution in [0, 0.1) is 0 Å². The molecule has 3 aromatic rings. The lowest BCUT2D eigenvalue weighted by Gasteiger charge is -2.25. The number of amides is 1. The Morgan fingerprint density at radius 1 is 1.11 bits per heavy atom. The van der Waals surface area contributed by atoms with Crippen LogP contribution < -0.4 is 10.1 Å². The highest BCUT2D eigenvalue weighted by molar-refractivity contribution is 6.02. The Hall–Kier alpha value is -3.20. The first-order valence-corrected chi connectivity index (χ1v) is 12.9. The first-order valence-electron chi connectivity index (χ1n) is 12.9. The average molecular weight is 509 g/mol. The summed E-state index contributed by atoms with van der Waals surface area (Å²) in [7, 11) is 3.35. The smallest absolute Gasteiger partial charge is 0.275 e. The van der Waals surface area contributed by atoms with Crippen LogP contribution in [0.2, 0.25) is 0 Å². The number of hydrogen-bond acceptors (Lipinski definition) is 6. The third kappa shape index (κ3) is 6.21. The maximum absolute atomic E-state index is 13.0. The second-order valence-corrected chi connectivity index (χ2v) is 12.0. The third-order valence-electron chi connectivity index (χ3n) is 6.76. The molecule has 200 valence electrons. The second kappa shape index (κ2) is 10.3. The molecule has 3 heterocycles. The standard InChI is InChI=1S/C28H40N6O3/c1-27(2,3)19-11-12-29-25(14-19)37-21-10-9-18(13-21)22-16-24(32-34(22)28(4,5)6)30-26(35)23-15-20(17-36-8)31-33(23)7/h11-12,14-16,18,21H,9-10,13,17H2,1-8H3,(H,30,32,35)/t18-,21+/m0/s1. The van der Waals surface area contributed by atoms with E-state index in [0.29, 0.717) is 29.7 Å². The van der Waals surface area contributed by atoms with Gasteiger partial charge in [-0.2, -0.15) is 10.2 Å². The van der Waals surface area contributed by atoms with E-state index in [-0.39, 0.29) is 28.9 Å². The van der Waals surface area contributed by atoms with E-state index in [1.54, 1.807) is 24.9 Å². The van der Waals surface area contributed by atoms with Gasteiger partial charge in [-0.1, -0.05) is 20.8 Å². The van der Waals surface area contributed by atoms with Gasteiger partial charge in [0.05, 0.1) is 17.8 Å². The molecule has 9 nitrogen and oxygen atoms in total. The number of nitrogens with zero attached hydrogens (tertiary/aromatic N) is 5. The summed E-state index contributed by atoms with van der Waals surface area (Å²) in [5.74, 6) is 1.24. The molecular weight excluding hydrogens is 468 g/mol. The van der Waals surface area contributed by atoms with Gasteiger partial charge in [-0.15, -0.1) is 0 Å². The van der Waals surface area contributed by atoms with Gasteiger partial charge in [-0.3, -0.25) is 14.2 Å². The Kier molecular flexibility index (Phi) is 7.46. The number of carbonyl (C=O) groups is 1. The summed E-state index contributed by atoms with van der Waals surface area (Å²) >= 11 is 0. The molecule has 1 aliphatic rings. The van der Waals surface area contributed by atoms with Gasteiger partial charge in [0.25, 0.3) is 5.91 Å². The highest BCUT2D eigenvalue weighted by Crippen LogP contribution is 2.39. The topological polar surface area (TPSA) is 96.1 Å². The Morgan fingerprint density at radius 3 is 2.54 bits per heavy atom. The molecule has 3 aromatic heterocycles. The molecule has 0 spiro atoms. The number of aryl methyl sites for hydroxylation is 1. The number of nitrogens with one attached hydrogen (secondary N) is 1. The molecule has 0 bridgehead atoms. The van der Waals surface area contributed by atoms with Crippen molar-refractivity contribution in [1.82, 2.24) is 24.5 Å². The Bertz CT molecular complexity index is 1250. The van der Waals surface area contributed by atoms with Gasteiger partial charge in [0.1, 0.15) is 11.8 Å². The lowest BCUT2D eigenvalue weighted by Crippen LogP contribution is -2.26. The van der Waals surface area contributed by atoms with Gasteiger partial charge in [-0.25, -0.2) is 4.98 Å². The van der Waals surface area contributed by atoms with Crippen LogP contribution in [-0.2, 0) is 29.3 Å². The minimum Gasteiger partial charge on any atom is -0.474 e. The van der Waals surface area contributed by atoms with Gasteiger partial charge < -0.3 is 14.8 Å². The van der Waals surface area contributed by atoms with Gasteiger partial charge in [0.2, 0.25) is 5.88 Å². The number of aromatic nitrogens is 5. The number of ether oxygens (including phenoxy) is 2. The van der Waals surface area contributed by atoms with Crippen molar-refractivity contribution in [3.8, 4) is 5.88 Å². The van der Waals surface area contributed by atoms with Gasteiger partial charge >= 0.3 is 0 Å². The number of anilines is 1. The van der Waals surface area contributed by atoms with Crippen LogP contribution in [0.25, 0.3) is 0 Å². The predicted molar refractivity (Wildman–Crippen MR) is 143 cm³/mol. The number of rotatable bonds is 7. The van der Waals surface area contributed by atoms with E-state index >= 15 is 0 Å². The van der Waals surface area contributed by atoms with Crippen molar-refractivity contribution in [2.45, 2.75) is 90.4 Å². The molecule has 9 heteroatoms. The van der Waals surface area contributed by atoms with Crippen molar-refractivity contribution in [3.63, 3.8) is 0 Å². The molecule has 1 N–H and O–H groups in total. The fourth-order valence-corrected chi connectivity index (χ4v) is 4.85. The van der Waals surface area contributed by atoms with Crippen molar-refractivity contribution in [2.75, 3.05) is 12.4 Å². The Labute approximate surface area is 219 Å². The maximum Gasteiger partial charge on any atom is 0.275 e. The SMILES string of the molecule is COCc1cc(C(=O)Nc2cc([C@H]3CC[C@@H](Oc4cc(C(C)(C)C)ccn4)C3)n(C(C)(C)C)n2)n(C)n1. The Morgan fingerprint density at radius 2 is 1.86 bits per heavy atom. The summed E-state index contributed by atoms with van der Waals surface area (Å²) in [5.41, 5.74) is 3.28. The van der Waals surface area contributed by atoms with Crippen LogP contribution in [0.3, 0.4) is 0 Å². The lowest BCUT2D eigenvalue weighted by molar-refractivity contribution is 0.101. The number of carbonyl (C=O) groups excluding carboxylic acids is 1. The molecule has 0 aromatic carbocycles. The third-order valence-corrected chi connectivity index (χ3v) is 6.76. The molecule has 2 atom stereocenters. The van der Waals surface area contributed by atoms with Crippen molar-refractivity contribution in [3.05, 3.63) is 53.1 Å². The summed E-state index contributed by atoms with van der Waals surface area (Å²) in [6, 6.07) is 7.84. The molecule has 1 fully saturated rings. The predicted octanol–water partition coefficient (Wildman–Crippen LogP) is 5.18. The zero-order chi connectivity index (χ0) is 27.0. The van der Waals surface area contributed by atoms with Gasteiger partial charge in [-0.05, 0) is 63.1 Å². The summed E-state index contributed by atoms with van der Waals surface area (Å²) in [5, 5.41) is 12.1. The molecule has 0 unspecified atom stereocenters. The molecule has 4 rings (SSSR count). The Balaban J connectivity index is 1.50. The van der Waals surface area contributed by atoms with Crippen molar-refractivity contribution < 1.29 is 14.3 Å². The minimum atomic E-state index is -0.250. The van der Waals surface area contributed by atoms with E-state index in [1.807, 2.05) is 23.0 Å². The molecule has 37 heavy (non-hydrogen) atoms. The van der Waals surface area contributed by atoms with Crippen LogP contribution in [0.4, 0.5) is 5.82 Å². The average Bonchev–Trinajstić information content (AvgIpc) is 3.52. The maximum atomic E-state index is 13.0. The first-order chi connectivity index (χ1) is 17.3. The highest BCUT2D eigenvalue weighted by atomic mass is 16.5. The fraction of sp³-hybridized carbons (Fsp3) is 0.571. The van der Waals surface area contributed by atoms with Crippen molar-refractivity contribution >= 4 is 11.7 Å². The number of hydrogen-bond donors (Lipinski definition) is 1. The van der Waals surface area contributed by atoms with Crippen LogP contribution in [0.5, 0.6) is 5.88 Å². The fourth-order valence-electron chi connectivity index (χ4n) is 4.85. The largest absolute Gasteiger partial charge is 0.474 e. The molecule has 0 radical (unpaired) electrons. The van der Waals surface area contributed by atoms with Gasteiger partial charge in [0, 0.05) is 44.1 Å². The number of pyridine rings is 1. The summed E-state index contributed by atoms with van der Waals surface area (Å²) in [6.45, 7) is 13.3. The van der Waals surface area contributed by atoms with Crippen molar-refractivity contribution in [1.29, 1.82) is 0 Å². The molecule has 1 saturated carbocycles. The highest BCUT2D eigenvalue weighted by Gasteiger charge is 2.33. The molecular formula is C28H40N6O3. The second-order valence-electron chi connectivity index (χ2n) is 12.0. The molecule has 1 aliphatic carbocycles. The molecule has 1 amide bonds. The quantitative estimate of drug-likeness (QED) is 0.473. The zero-order valence-electron chi connectivity index (χ0n) is 23.3. The van der Waals surface area contributed by atoms with E-state index in [0.717, 1.165) is 25.0 Å². The van der Waals surface area contributed by atoms with E-state index < -0.39 is 0 Å². The zero-order valence-corrected chi connectivity index (χ0v) is 23.3. The lowest BCUT2D eigenvalue weighted by atomic mass is 9.88. The van der Waals surface area contributed by atoms with Crippen LogP contribution in [0.1, 0.15) is 94.2 Å². The van der Waals surface area contributed by atoms with E-state index in [9.17, 15) is 4.79 Å². The summed E-state index contributed by atoms with van der Waals surface area (Å²) < 4.78 is 15.1. The molecule has 0 saturated heterocycles. The van der Waals surface area contributed by atoms with Crippen LogP contribution in [0.15, 0.2) is 30.5 Å². The van der Waals surface area contributed by atoms with Crippen LogP contribution >= 0.6 is 0 Å². The molecule has 0 aliphatic heterocycles. The van der Waals surface area contributed by atoms with Gasteiger partial charge in [0.15, 0.2) is 5.82 Å². The summed E-state index contributed by atoms with van der Waals surface area (Å²) in [6.07, 6.45) is 4.72. The van der Waals surface area contributed by atoms with Crippen molar-refractivity contribution in [2.24, 2.45) is 7.05 Å².